The molecular weight excluding hydrogens is 144 g/mol. The van der Waals surface area contributed by atoms with Gasteiger partial charge in [0, 0.05) is 0 Å². The van der Waals surface area contributed by atoms with E-state index in [4.69, 9.17) is 0 Å². The van der Waals surface area contributed by atoms with Crippen molar-refractivity contribution >= 4 is 0 Å². The summed E-state index contributed by atoms with van der Waals surface area (Å²) in [5.74, 6) is 1.00. The summed E-state index contributed by atoms with van der Waals surface area (Å²) in [6.45, 7) is 8.48. The monoisotopic (exact) mass is 166 g/mol. The maximum absolute atomic E-state index is 3.77. The van der Waals surface area contributed by atoms with Gasteiger partial charge in [-0.2, -0.15) is 0 Å². The van der Waals surface area contributed by atoms with Crippen molar-refractivity contribution in [2.45, 2.75) is 52.4 Å². The third kappa shape index (κ3) is 2.12. The van der Waals surface area contributed by atoms with Crippen molar-refractivity contribution in [1.82, 2.24) is 0 Å². The van der Waals surface area contributed by atoms with Crippen LogP contribution in [0.2, 0.25) is 0 Å². The normalized spacial score (nSPS) is 33.3. The first-order chi connectivity index (χ1) is 5.75. The second kappa shape index (κ2) is 4.11. The summed E-state index contributed by atoms with van der Waals surface area (Å²) in [7, 11) is 0. The first-order valence-corrected chi connectivity index (χ1v) is 5.36. The van der Waals surface area contributed by atoms with Gasteiger partial charge < -0.3 is 0 Å². The van der Waals surface area contributed by atoms with E-state index < -0.39 is 0 Å². The fourth-order valence-electron chi connectivity index (χ4n) is 2.47. The van der Waals surface area contributed by atoms with Crippen molar-refractivity contribution in [1.29, 1.82) is 0 Å². The van der Waals surface area contributed by atoms with Gasteiger partial charge in [-0.1, -0.05) is 26.3 Å². The molecule has 0 amide bonds. The van der Waals surface area contributed by atoms with E-state index in [0.29, 0.717) is 0 Å². The van der Waals surface area contributed by atoms with Crippen LogP contribution in [0.15, 0.2) is 12.7 Å². The molecule has 1 saturated carbocycles. The first kappa shape index (κ1) is 9.83. The fourth-order valence-corrected chi connectivity index (χ4v) is 2.47. The Morgan fingerprint density at radius 2 is 2.17 bits per heavy atom. The molecule has 0 aliphatic heterocycles. The fraction of sp³-hybridized carbons (Fsp3) is 0.833. The van der Waals surface area contributed by atoms with E-state index in [-0.39, 0.29) is 0 Å². The summed E-state index contributed by atoms with van der Waals surface area (Å²) in [4.78, 5) is 0. The van der Waals surface area contributed by atoms with Gasteiger partial charge in [-0.25, -0.2) is 0 Å². The molecule has 0 N–H and O–H groups in total. The van der Waals surface area contributed by atoms with Crippen molar-refractivity contribution in [3.63, 3.8) is 0 Å². The Bertz CT molecular complexity index is 148. The molecule has 0 heteroatoms. The number of allylic oxidation sites excluding steroid dienone is 1. The van der Waals surface area contributed by atoms with Gasteiger partial charge in [0.25, 0.3) is 0 Å². The summed E-state index contributed by atoms with van der Waals surface area (Å²) in [5.41, 5.74) is 0.762. The van der Waals surface area contributed by atoms with Gasteiger partial charge in [-0.3, -0.25) is 0 Å². The quantitative estimate of drug-likeness (QED) is 0.410. The largest absolute Gasteiger partial charge is 0.103 e. The van der Waals surface area contributed by atoms with Crippen molar-refractivity contribution in [2.24, 2.45) is 11.3 Å². The summed E-state index contributed by atoms with van der Waals surface area (Å²) >= 11 is 0. The van der Waals surface area contributed by atoms with Crippen LogP contribution < -0.4 is 0 Å². The lowest BCUT2D eigenvalue weighted by molar-refractivity contribution is 0.380. The molecule has 2 atom stereocenters. The lowest BCUT2D eigenvalue weighted by atomic mass is 9.91. The number of unbranched alkanes of at least 4 members (excludes halogenated alkanes) is 1. The van der Waals surface area contributed by atoms with Crippen LogP contribution in [-0.4, -0.2) is 0 Å². The van der Waals surface area contributed by atoms with Crippen LogP contribution in [0.5, 0.6) is 0 Å². The van der Waals surface area contributed by atoms with E-state index in [2.05, 4.69) is 20.4 Å². The second-order valence-electron chi connectivity index (χ2n) is 4.40. The molecule has 0 radical (unpaired) electrons. The predicted molar refractivity (Wildman–Crippen MR) is 55.2 cm³/mol. The molecule has 1 rings (SSSR count). The van der Waals surface area contributed by atoms with E-state index in [0.717, 1.165) is 11.3 Å². The first-order valence-electron chi connectivity index (χ1n) is 5.36. The molecule has 0 saturated heterocycles. The Labute approximate surface area is 77.1 Å². The van der Waals surface area contributed by atoms with Crippen molar-refractivity contribution < 1.29 is 0 Å². The molecule has 0 spiro atoms. The molecule has 1 aliphatic carbocycles. The van der Waals surface area contributed by atoms with Gasteiger partial charge in [0.05, 0.1) is 0 Å². The molecule has 0 bridgehead atoms. The van der Waals surface area contributed by atoms with Gasteiger partial charge >= 0.3 is 0 Å². The minimum Gasteiger partial charge on any atom is -0.103 e. The average molecular weight is 166 g/mol. The summed E-state index contributed by atoms with van der Waals surface area (Å²) in [6, 6.07) is 0. The summed E-state index contributed by atoms with van der Waals surface area (Å²) in [6.07, 6.45) is 10.3. The van der Waals surface area contributed by atoms with E-state index in [1.54, 1.807) is 0 Å². The lowest BCUT2D eigenvalue weighted by Crippen LogP contribution is -2.02. The SMILES string of the molecule is C=CCCCC1(CCC)CC1C. The number of hydrogen-bond acceptors (Lipinski definition) is 0. The molecule has 0 aromatic carbocycles. The van der Waals surface area contributed by atoms with Crippen LogP contribution in [0.25, 0.3) is 0 Å². The maximum atomic E-state index is 3.77. The highest BCUT2D eigenvalue weighted by molar-refractivity contribution is 4.99. The highest BCUT2D eigenvalue weighted by Crippen LogP contribution is 2.58. The third-order valence-corrected chi connectivity index (χ3v) is 3.43. The Morgan fingerprint density at radius 3 is 2.58 bits per heavy atom. The van der Waals surface area contributed by atoms with Gasteiger partial charge in [-0.05, 0) is 43.4 Å². The highest BCUT2D eigenvalue weighted by Gasteiger charge is 2.48. The molecule has 0 aromatic heterocycles. The molecule has 0 heterocycles. The van der Waals surface area contributed by atoms with E-state index in [9.17, 15) is 0 Å². The Morgan fingerprint density at radius 1 is 1.50 bits per heavy atom. The Balaban J connectivity index is 2.22. The van der Waals surface area contributed by atoms with Gasteiger partial charge in [-0.15, -0.1) is 6.58 Å². The molecule has 2 unspecified atom stereocenters. The van der Waals surface area contributed by atoms with Crippen LogP contribution in [0.4, 0.5) is 0 Å². The highest BCUT2D eigenvalue weighted by atomic mass is 14.5. The second-order valence-corrected chi connectivity index (χ2v) is 4.40. The van der Waals surface area contributed by atoms with Gasteiger partial charge in [0.1, 0.15) is 0 Å². The van der Waals surface area contributed by atoms with E-state index >= 15 is 0 Å². The zero-order valence-electron chi connectivity index (χ0n) is 8.60. The van der Waals surface area contributed by atoms with Crippen LogP contribution >= 0.6 is 0 Å². The zero-order chi connectivity index (χ0) is 9.03. The third-order valence-electron chi connectivity index (χ3n) is 3.43. The molecule has 70 valence electrons. The topological polar surface area (TPSA) is 0 Å². The maximum Gasteiger partial charge on any atom is -0.0269 e. The van der Waals surface area contributed by atoms with Crippen molar-refractivity contribution in [3.05, 3.63) is 12.7 Å². The average Bonchev–Trinajstić information content (AvgIpc) is 2.63. The van der Waals surface area contributed by atoms with Crippen LogP contribution in [0.3, 0.4) is 0 Å². The Kier molecular flexibility index (Phi) is 3.37. The molecule has 0 aromatic rings. The Hall–Kier alpha value is -0.260. The number of hydrogen-bond donors (Lipinski definition) is 0. The van der Waals surface area contributed by atoms with Gasteiger partial charge in [0.2, 0.25) is 0 Å². The van der Waals surface area contributed by atoms with E-state index in [1.165, 1.54) is 38.5 Å². The lowest BCUT2D eigenvalue weighted by Gasteiger charge is -2.14. The predicted octanol–water partition coefficient (Wildman–Crippen LogP) is 4.17. The van der Waals surface area contributed by atoms with Crippen molar-refractivity contribution in [2.75, 3.05) is 0 Å². The van der Waals surface area contributed by atoms with Crippen LogP contribution in [-0.2, 0) is 0 Å². The zero-order valence-corrected chi connectivity index (χ0v) is 8.60. The number of rotatable bonds is 6. The minimum atomic E-state index is 0.762. The van der Waals surface area contributed by atoms with Crippen molar-refractivity contribution in [3.8, 4) is 0 Å². The van der Waals surface area contributed by atoms with E-state index in [1.807, 2.05) is 6.08 Å². The van der Waals surface area contributed by atoms with Crippen LogP contribution in [0, 0.1) is 11.3 Å². The minimum absolute atomic E-state index is 0.762. The van der Waals surface area contributed by atoms with Gasteiger partial charge in [0.15, 0.2) is 0 Å². The summed E-state index contributed by atoms with van der Waals surface area (Å²) < 4.78 is 0. The molecular formula is C12H22. The molecule has 0 nitrogen and oxygen atoms in total. The molecule has 1 aliphatic rings. The standard InChI is InChI=1S/C12H22/c1-4-6-7-9-12(8-5-2)10-11(12)3/h4,11H,1,5-10H2,2-3H3. The summed E-state index contributed by atoms with van der Waals surface area (Å²) in [5, 5.41) is 0. The molecule has 1 fully saturated rings. The van der Waals surface area contributed by atoms with Crippen LogP contribution in [0.1, 0.15) is 52.4 Å². The smallest absolute Gasteiger partial charge is 0.0269 e. The molecule has 12 heavy (non-hydrogen) atoms.